The highest BCUT2D eigenvalue weighted by Gasteiger charge is 2.31. The summed E-state index contributed by atoms with van der Waals surface area (Å²) < 4.78 is 0.960. The van der Waals surface area contributed by atoms with Crippen molar-refractivity contribution in [3.63, 3.8) is 0 Å². The molecule has 4 heteroatoms. The number of halogens is 1. The second-order valence-electron chi connectivity index (χ2n) is 5.44. The molecule has 2 nitrogen and oxygen atoms in total. The molecule has 1 saturated carbocycles. The minimum Gasteiger partial charge on any atom is -0.389 e. The van der Waals surface area contributed by atoms with E-state index in [1.165, 1.54) is 32.1 Å². The van der Waals surface area contributed by atoms with Gasteiger partial charge in [-0.2, -0.15) is 0 Å². The summed E-state index contributed by atoms with van der Waals surface area (Å²) in [6, 6.07) is 6.05. The first-order chi connectivity index (χ1) is 9.08. The Morgan fingerprint density at radius 1 is 1.42 bits per heavy atom. The molecule has 1 aliphatic rings. The van der Waals surface area contributed by atoms with Crippen LogP contribution in [0.5, 0.6) is 0 Å². The van der Waals surface area contributed by atoms with Crippen LogP contribution in [0.3, 0.4) is 0 Å². The first kappa shape index (κ1) is 14.8. The van der Waals surface area contributed by atoms with Gasteiger partial charge in [-0.05, 0) is 52.7 Å². The molecule has 0 saturated heterocycles. The maximum Gasteiger partial charge on any atom is 0.107 e. The molecule has 0 unspecified atom stereocenters. The minimum absolute atomic E-state index is 0.437. The molecule has 19 heavy (non-hydrogen) atoms. The molecule has 0 heterocycles. The normalized spacial score (nSPS) is 17.4. The molecule has 2 rings (SSSR count). The van der Waals surface area contributed by atoms with Gasteiger partial charge >= 0.3 is 0 Å². The Morgan fingerprint density at radius 2 is 2.11 bits per heavy atom. The van der Waals surface area contributed by atoms with Crippen molar-refractivity contribution in [3.05, 3.63) is 28.2 Å². The zero-order valence-electron chi connectivity index (χ0n) is 11.3. The van der Waals surface area contributed by atoms with E-state index in [0.717, 1.165) is 22.3 Å². The van der Waals surface area contributed by atoms with Crippen LogP contribution in [0.15, 0.2) is 22.7 Å². The molecule has 1 fully saturated rings. The molecule has 0 spiro atoms. The van der Waals surface area contributed by atoms with Crippen molar-refractivity contribution >= 4 is 38.8 Å². The van der Waals surface area contributed by atoms with Crippen LogP contribution in [-0.2, 0) is 0 Å². The fourth-order valence-corrected chi connectivity index (χ4v) is 3.92. The number of thiocarbonyl (C=S) groups is 1. The highest BCUT2D eigenvalue weighted by atomic mass is 79.9. The third kappa shape index (κ3) is 3.29. The molecule has 0 radical (unpaired) electrons. The summed E-state index contributed by atoms with van der Waals surface area (Å²) in [5.41, 5.74) is 8.24. The second-order valence-corrected chi connectivity index (χ2v) is 6.74. The van der Waals surface area contributed by atoms with Gasteiger partial charge in [0.05, 0.1) is 0 Å². The predicted octanol–water partition coefficient (Wildman–Crippen LogP) is 4.47. The minimum atomic E-state index is 0.437. The van der Waals surface area contributed by atoms with Crippen molar-refractivity contribution in [2.45, 2.75) is 39.0 Å². The van der Waals surface area contributed by atoms with E-state index in [0.29, 0.717) is 10.4 Å². The molecule has 1 aliphatic carbocycles. The average Bonchev–Trinajstić information content (AvgIpc) is 2.85. The number of nitrogens with two attached hydrogens (primary N) is 1. The van der Waals surface area contributed by atoms with Crippen LogP contribution < -0.4 is 11.1 Å². The van der Waals surface area contributed by atoms with Crippen molar-refractivity contribution in [1.82, 2.24) is 0 Å². The zero-order chi connectivity index (χ0) is 13.9. The van der Waals surface area contributed by atoms with Crippen LogP contribution in [0.2, 0.25) is 0 Å². The Kier molecular flexibility index (Phi) is 4.85. The lowest BCUT2D eigenvalue weighted by atomic mass is 9.83. The van der Waals surface area contributed by atoms with Crippen LogP contribution in [0.1, 0.15) is 44.6 Å². The molecule has 1 aromatic carbocycles. The number of hydrogen-bond acceptors (Lipinski definition) is 2. The molecule has 0 aliphatic heterocycles. The van der Waals surface area contributed by atoms with E-state index in [1.54, 1.807) is 0 Å². The lowest BCUT2D eigenvalue weighted by Crippen LogP contribution is -2.27. The van der Waals surface area contributed by atoms with Crippen molar-refractivity contribution in [1.29, 1.82) is 0 Å². The van der Waals surface area contributed by atoms with Crippen molar-refractivity contribution < 1.29 is 0 Å². The van der Waals surface area contributed by atoms with Gasteiger partial charge in [-0.25, -0.2) is 0 Å². The smallest absolute Gasteiger partial charge is 0.107 e. The van der Waals surface area contributed by atoms with E-state index >= 15 is 0 Å². The summed E-state index contributed by atoms with van der Waals surface area (Å²) in [4.78, 5) is 0.437. The van der Waals surface area contributed by atoms with Gasteiger partial charge in [0.15, 0.2) is 0 Å². The van der Waals surface area contributed by atoms with E-state index in [1.807, 2.05) is 12.1 Å². The van der Waals surface area contributed by atoms with E-state index in [9.17, 15) is 0 Å². The summed E-state index contributed by atoms with van der Waals surface area (Å²) in [7, 11) is 0. The molecular formula is C15H21BrN2S. The van der Waals surface area contributed by atoms with Crippen molar-refractivity contribution in [2.75, 3.05) is 11.9 Å². The molecular weight excluding hydrogens is 320 g/mol. The summed E-state index contributed by atoms with van der Waals surface area (Å²) >= 11 is 8.67. The summed E-state index contributed by atoms with van der Waals surface area (Å²) in [6.07, 6.45) is 6.60. The fraction of sp³-hybridized carbons (Fsp3) is 0.533. The molecule has 1 aromatic rings. The standard InChI is InChI=1S/C15H21BrN2S/c1-2-15(8-3-4-9-15)10-18-12-7-5-6-11(16)13(12)14(17)19/h5-7,18H,2-4,8-10H2,1H3,(H2,17,19). The average molecular weight is 341 g/mol. The highest BCUT2D eigenvalue weighted by molar-refractivity contribution is 9.10. The zero-order valence-corrected chi connectivity index (χ0v) is 13.7. The molecule has 0 atom stereocenters. The maximum atomic E-state index is 5.83. The number of hydrogen-bond donors (Lipinski definition) is 2. The molecule has 0 bridgehead atoms. The van der Waals surface area contributed by atoms with Gasteiger partial charge in [0.2, 0.25) is 0 Å². The lowest BCUT2D eigenvalue weighted by molar-refractivity contribution is 0.307. The van der Waals surface area contributed by atoms with Crippen LogP contribution in [-0.4, -0.2) is 11.5 Å². The van der Waals surface area contributed by atoms with Gasteiger partial charge in [0.25, 0.3) is 0 Å². The van der Waals surface area contributed by atoms with Gasteiger partial charge < -0.3 is 11.1 Å². The summed E-state index contributed by atoms with van der Waals surface area (Å²) in [5.74, 6) is 0. The van der Waals surface area contributed by atoms with Crippen LogP contribution in [0, 0.1) is 5.41 Å². The number of anilines is 1. The van der Waals surface area contributed by atoms with Crippen LogP contribution in [0.25, 0.3) is 0 Å². The third-order valence-electron chi connectivity index (χ3n) is 4.33. The lowest BCUT2D eigenvalue weighted by Gasteiger charge is -2.29. The first-order valence-electron chi connectivity index (χ1n) is 6.90. The predicted molar refractivity (Wildman–Crippen MR) is 89.7 cm³/mol. The Hall–Kier alpha value is -0.610. The molecule has 104 valence electrons. The Labute approximate surface area is 129 Å². The largest absolute Gasteiger partial charge is 0.389 e. The maximum absolute atomic E-state index is 5.83. The molecule has 0 amide bonds. The molecule has 0 aromatic heterocycles. The Balaban J connectivity index is 2.15. The summed E-state index contributed by atoms with van der Waals surface area (Å²) in [6.45, 7) is 3.30. The quantitative estimate of drug-likeness (QED) is 0.776. The van der Waals surface area contributed by atoms with E-state index < -0.39 is 0 Å². The van der Waals surface area contributed by atoms with E-state index in [4.69, 9.17) is 18.0 Å². The van der Waals surface area contributed by atoms with Gasteiger partial charge in [0, 0.05) is 22.3 Å². The molecule has 3 N–H and O–H groups in total. The van der Waals surface area contributed by atoms with E-state index in [2.05, 4.69) is 34.2 Å². The number of rotatable bonds is 5. The van der Waals surface area contributed by atoms with Gasteiger partial charge in [0.1, 0.15) is 4.99 Å². The first-order valence-corrected chi connectivity index (χ1v) is 8.10. The van der Waals surface area contributed by atoms with Crippen molar-refractivity contribution in [2.24, 2.45) is 11.1 Å². The summed E-state index contributed by atoms with van der Waals surface area (Å²) in [5, 5.41) is 3.57. The van der Waals surface area contributed by atoms with Gasteiger partial charge in [-0.15, -0.1) is 0 Å². The highest BCUT2D eigenvalue weighted by Crippen LogP contribution is 2.41. The SMILES string of the molecule is CCC1(CNc2cccc(Br)c2C(N)=S)CCCC1. The van der Waals surface area contributed by atoms with Gasteiger partial charge in [-0.3, -0.25) is 0 Å². The topological polar surface area (TPSA) is 38.0 Å². The number of nitrogens with one attached hydrogen (secondary N) is 1. The van der Waals surface area contributed by atoms with Crippen molar-refractivity contribution in [3.8, 4) is 0 Å². The van der Waals surface area contributed by atoms with Crippen LogP contribution in [0.4, 0.5) is 5.69 Å². The van der Waals surface area contributed by atoms with Crippen LogP contribution >= 0.6 is 28.1 Å². The Bertz CT molecular complexity index is 467. The third-order valence-corrected chi connectivity index (χ3v) is 5.19. The number of benzene rings is 1. The fourth-order valence-electron chi connectivity index (χ4n) is 2.98. The second kappa shape index (κ2) is 6.23. The Morgan fingerprint density at radius 3 is 2.68 bits per heavy atom. The van der Waals surface area contributed by atoms with E-state index in [-0.39, 0.29) is 0 Å². The monoisotopic (exact) mass is 340 g/mol. The van der Waals surface area contributed by atoms with Gasteiger partial charge in [-0.1, -0.05) is 38.0 Å².